The van der Waals surface area contributed by atoms with Crippen LogP contribution in [-0.4, -0.2) is 48.8 Å². The molecule has 2 heterocycles. The molecule has 26 heavy (non-hydrogen) atoms. The molecule has 7 nitrogen and oxygen atoms in total. The average Bonchev–Trinajstić information content (AvgIpc) is 2.93. The number of hydrogen-bond donors (Lipinski definition) is 3. The van der Waals surface area contributed by atoms with Gasteiger partial charge in [-0.25, -0.2) is 0 Å². The fourth-order valence-electron chi connectivity index (χ4n) is 3.69. The summed E-state index contributed by atoms with van der Waals surface area (Å²) in [5, 5.41) is 8.94. The summed E-state index contributed by atoms with van der Waals surface area (Å²) in [6, 6.07) is 5.16. The molecule has 140 valence electrons. The third-order valence-corrected chi connectivity index (χ3v) is 5.04. The van der Waals surface area contributed by atoms with Gasteiger partial charge in [-0.05, 0) is 49.7 Å². The second-order valence-electron chi connectivity index (χ2n) is 7.14. The van der Waals surface area contributed by atoms with Crippen LogP contribution in [0.4, 0.5) is 0 Å². The van der Waals surface area contributed by atoms with Gasteiger partial charge in [-0.1, -0.05) is 19.1 Å². The molecular weight excluding hydrogens is 332 g/mol. The largest absolute Gasteiger partial charge is 0.322 e. The van der Waals surface area contributed by atoms with Crippen molar-refractivity contribution in [1.29, 1.82) is 0 Å². The van der Waals surface area contributed by atoms with E-state index in [0.717, 1.165) is 24.2 Å². The van der Waals surface area contributed by atoms with Gasteiger partial charge >= 0.3 is 0 Å². The number of benzene rings is 1. The van der Waals surface area contributed by atoms with Gasteiger partial charge in [-0.2, -0.15) is 0 Å². The normalized spacial score (nSPS) is 20.9. The van der Waals surface area contributed by atoms with E-state index in [0.29, 0.717) is 31.0 Å². The van der Waals surface area contributed by atoms with Crippen LogP contribution in [0.15, 0.2) is 18.2 Å². The van der Waals surface area contributed by atoms with E-state index >= 15 is 0 Å². The summed E-state index contributed by atoms with van der Waals surface area (Å²) in [5.41, 5.74) is 2.73. The highest BCUT2D eigenvalue weighted by Crippen LogP contribution is 2.29. The highest BCUT2D eigenvalue weighted by molar-refractivity contribution is 6.05. The van der Waals surface area contributed by atoms with Gasteiger partial charge in [0.05, 0.1) is 0 Å². The highest BCUT2D eigenvalue weighted by atomic mass is 16.2. The van der Waals surface area contributed by atoms with Crippen LogP contribution in [-0.2, 0) is 22.7 Å². The molecule has 1 fully saturated rings. The minimum absolute atomic E-state index is 0.125. The number of fused-ring (bicyclic) bond motifs is 1. The smallest absolute Gasteiger partial charge is 0.255 e. The predicted octanol–water partition coefficient (Wildman–Crippen LogP) is 0.393. The van der Waals surface area contributed by atoms with Crippen molar-refractivity contribution in [3.63, 3.8) is 0 Å². The second kappa shape index (κ2) is 7.97. The first-order valence-corrected chi connectivity index (χ1v) is 9.12. The first-order chi connectivity index (χ1) is 12.5. The quantitative estimate of drug-likeness (QED) is 0.614. The standard InChI is InChI=1S/C19H26N4O3/c1-12(8-20-2)9-21-10-13-4-3-5-14-15(13)11-23(19(14)26)16-6-7-17(24)22-18(16)25/h3-5,12,16,20-21H,6-11H2,1-2H3,(H,22,24,25). The lowest BCUT2D eigenvalue weighted by atomic mass is 10.0. The van der Waals surface area contributed by atoms with Gasteiger partial charge in [0.15, 0.2) is 0 Å². The Kier molecular flexibility index (Phi) is 5.68. The number of nitrogens with one attached hydrogen (secondary N) is 3. The van der Waals surface area contributed by atoms with E-state index in [9.17, 15) is 14.4 Å². The maximum Gasteiger partial charge on any atom is 0.255 e. The number of hydrogen-bond acceptors (Lipinski definition) is 5. The van der Waals surface area contributed by atoms with Crippen molar-refractivity contribution >= 4 is 17.7 Å². The van der Waals surface area contributed by atoms with Crippen molar-refractivity contribution in [3.8, 4) is 0 Å². The number of imide groups is 1. The number of rotatable bonds is 7. The molecule has 3 N–H and O–H groups in total. The van der Waals surface area contributed by atoms with Crippen LogP contribution in [0.3, 0.4) is 0 Å². The fraction of sp³-hybridized carbons (Fsp3) is 0.526. The molecule has 2 atom stereocenters. The molecule has 1 aromatic rings. The van der Waals surface area contributed by atoms with Crippen molar-refractivity contribution in [1.82, 2.24) is 20.9 Å². The lowest BCUT2D eigenvalue weighted by molar-refractivity contribution is -0.136. The van der Waals surface area contributed by atoms with Crippen LogP contribution in [0, 0.1) is 5.92 Å². The molecule has 2 aliphatic rings. The molecule has 0 radical (unpaired) electrons. The van der Waals surface area contributed by atoms with E-state index in [1.54, 1.807) is 4.90 Å². The zero-order chi connectivity index (χ0) is 18.7. The van der Waals surface area contributed by atoms with Gasteiger partial charge in [-0.3, -0.25) is 19.7 Å². The minimum Gasteiger partial charge on any atom is -0.322 e. The Labute approximate surface area is 153 Å². The molecule has 2 unspecified atom stereocenters. The minimum atomic E-state index is -0.566. The average molecular weight is 358 g/mol. The molecular formula is C19H26N4O3. The Hall–Kier alpha value is -2.25. The summed E-state index contributed by atoms with van der Waals surface area (Å²) in [4.78, 5) is 37.9. The van der Waals surface area contributed by atoms with E-state index in [1.807, 2.05) is 25.2 Å². The summed E-state index contributed by atoms with van der Waals surface area (Å²) in [6.45, 7) is 5.11. The van der Waals surface area contributed by atoms with Crippen LogP contribution in [0.1, 0.15) is 41.3 Å². The monoisotopic (exact) mass is 358 g/mol. The third kappa shape index (κ3) is 3.78. The maximum atomic E-state index is 12.8. The molecule has 0 spiro atoms. The molecule has 0 aromatic heterocycles. The molecule has 3 rings (SSSR count). The Morgan fingerprint density at radius 2 is 2.08 bits per heavy atom. The number of amides is 3. The number of piperidine rings is 1. The molecule has 3 amide bonds. The number of nitrogens with zero attached hydrogens (tertiary/aromatic N) is 1. The summed E-state index contributed by atoms with van der Waals surface area (Å²) in [6.07, 6.45) is 0.661. The van der Waals surface area contributed by atoms with Crippen LogP contribution in [0.2, 0.25) is 0 Å². The van der Waals surface area contributed by atoms with Crippen LogP contribution in [0.5, 0.6) is 0 Å². The van der Waals surface area contributed by atoms with Crippen molar-refractivity contribution in [2.24, 2.45) is 5.92 Å². The summed E-state index contributed by atoms with van der Waals surface area (Å²) in [7, 11) is 1.94. The van der Waals surface area contributed by atoms with Gasteiger partial charge in [0.2, 0.25) is 11.8 Å². The summed E-state index contributed by atoms with van der Waals surface area (Å²) < 4.78 is 0. The van der Waals surface area contributed by atoms with Crippen molar-refractivity contribution in [3.05, 3.63) is 34.9 Å². The molecule has 1 saturated heterocycles. The van der Waals surface area contributed by atoms with E-state index in [2.05, 4.69) is 22.9 Å². The highest BCUT2D eigenvalue weighted by Gasteiger charge is 2.39. The summed E-state index contributed by atoms with van der Waals surface area (Å²) >= 11 is 0. The molecule has 2 aliphatic heterocycles. The van der Waals surface area contributed by atoms with Gasteiger partial charge in [0.25, 0.3) is 5.91 Å². The molecule has 1 aromatic carbocycles. The number of carbonyl (C=O) groups is 3. The number of carbonyl (C=O) groups excluding carboxylic acids is 3. The van der Waals surface area contributed by atoms with Gasteiger partial charge in [0.1, 0.15) is 6.04 Å². The van der Waals surface area contributed by atoms with E-state index in [-0.39, 0.29) is 24.1 Å². The Balaban J connectivity index is 1.69. The molecule has 0 bridgehead atoms. The first kappa shape index (κ1) is 18.5. The van der Waals surface area contributed by atoms with Crippen LogP contribution in [0.25, 0.3) is 0 Å². The Bertz CT molecular complexity index is 719. The van der Waals surface area contributed by atoms with Gasteiger partial charge < -0.3 is 15.5 Å². The SMILES string of the molecule is CNCC(C)CNCc1cccc2c1CN(C1CCC(=O)NC1=O)C2=O. The van der Waals surface area contributed by atoms with E-state index in [4.69, 9.17) is 0 Å². The fourth-order valence-corrected chi connectivity index (χ4v) is 3.69. The lowest BCUT2D eigenvalue weighted by Gasteiger charge is -2.29. The van der Waals surface area contributed by atoms with E-state index < -0.39 is 6.04 Å². The maximum absolute atomic E-state index is 12.8. The third-order valence-electron chi connectivity index (χ3n) is 5.04. The van der Waals surface area contributed by atoms with Crippen molar-refractivity contribution in [2.75, 3.05) is 20.1 Å². The second-order valence-corrected chi connectivity index (χ2v) is 7.14. The van der Waals surface area contributed by atoms with Crippen LogP contribution < -0.4 is 16.0 Å². The van der Waals surface area contributed by atoms with Gasteiger partial charge in [0, 0.05) is 25.1 Å². The molecule has 7 heteroatoms. The van der Waals surface area contributed by atoms with Crippen LogP contribution >= 0.6 is 0 Å². The topological polar surface area (TPSA) is 90.5 Å². The van der Waals surface area contributed by atoms with Gasteiger partial charge in [-0.15, -0.1) is 0 Å². The first-order valence-electron chi connectivity index (χ1n) is 9.12. The Morgan fingerprint density at radius 1 is 1.27 bits per heavy atom. The zero-order valence-electron chi connectivity index (χ0n) is 15.3. The predicted molar refractivity (Wildman–Crippen MR) is 97.3 cm³/mol. The Morgan fingerprint density at radius 3 is 2.81 bits per heavy atom. The lowest BCUT2D eigenvalue weighted by Crippen LogP contribution is -2.52. The summed E-state index contributed by atoms with van der Waals surface area (Å²) in [5.74, 6) is -0.253. The molecule has 0 saturated carbocycles. The van der Waals surface area contributed by atoms with Crippen molar-refractivity contribution in [2.45, 2.75) is 38.9 Å². The molecule has 0 aliphatic carbocycles. The van der Waals surface area contributed by atoms with Crippen molar-refractivity contribution < 1.29 is 14.4 Å². The zero-order valence-corrected chi connectivity index (χ0v) is 15.3. The van der Waals surface area contributed by atoms with E-state index in [1.165, 1.54) is 0 Å².